The van der Waals surface area contributed by atoms with Gasteiger partial charge in [-0.05, 0) is 24.6 Å². The Morgan fingerprint density at radius 2 is 2.28 bits per heavy atom. The van der Waals surface area contributed by atoms with Gasteiger partial charge in [0.2, 0.25) is 0 Å². The Labute approximate surface area is 106 Å². The Morgan fingerprint density at radius 1 is 1.50 bits per heavy atom. The number of carboxylic acid groups (broad SMARTS) is 1. The maximum Gasteiger partial charge on any atom is 0.305 e. The number of nitrogens with zero attached hydrogens (tertiary/aromatic N) is 1. The number of nitriles is 1. The van der Waals surface area contributed by atoms with Gasteiger partial charge in [-0.1, -0.05) is 6.07 Å². The largest absolute Gasteiger partial charge is 0.481 e. The topological polar surface area (TPSA) is 82.3 Å². The number of ether oxygens (including phenoxy) is 1. The van der Waals surface area contributed by atoms with Gasteiger partial charge in [0.1, 0.15) is 6.07 Å². The van der Waals surface area contributed by atoms with E-state index in [-0.39, 0.29) is 13.0 Å². The van der Waals surface area contributed by atoms with Crippen LogP contribution in [0.2, 0.25) is 0 Å². The van der Waals surface area contributed by atoms with E-state index in [1.807, 2.05) is 25.1 Å². The molecule has 0 saturated heterocycles. The summed E-state index contributed by atoms with van der Waals surface area (Å²) in [6.45, 7) is 3.08. The molecule has 1 aromatic rings. The van der Waals surface area contributed by atoms with Crippen molar-refractivity contribution in [1.82, 2.24) is 0 Å². The van der Waals surface area contributed by atoms with Gasteiger partial charge in [-0.3, -0.25) is 4.79 Å². The van der Waals surface area contributed by atoms with Crippen LogP contribution in [0.5, 0.6) is 0 Å². The first-order valence-electron chi connectivity index (χ1n) is 5.67. The van der Waals surface area contributed by atoms with Gasteiger partial charge < -0.3 is 15.2 Å². The molecule has 1 rings (SSSR count). The third-order valence-electron chi connectivity index (χ3n) is 2.32. The number of anilines is 1. The zero-order valence-corrected chi connectivity index (χ0v) is 10.3. The Morgan fingerprint density at radius 3 is 2.94 bits per heavy atom. The van der Waals surface area contributed by atoms with Crippen LogP contribution in [0.15, 0.2) is 18.2 Å². The van der Waals surface area contributed by atoms with E-state index < -0.39 is 5.97 Å². The van der Waals surface area contributed by atoms with Gasteiger partial charge >= 0.3 is 5.97 Å². The highest BCUT2D eigenvalue weighted by Gasteiger charge is 2.01. The zero-order valence-electron chi connectivity index (χ0n) is 10.3. The molecule has 0 aliphatic rings. The molecule has 0 aliphatic heterocycles. The van der Waals surface area contributed by atoms with Crippen molar-refractivity contribution in [3.8, 4) is 6.07 Å². The first-order chi connectivity index (χ1) is 8.63. The lowest BCUT2D eigenvalue weighted by Gasteiger charge is -2.09. The summed E-state index contributed by atoms with van der Waals surface area (Å²) >= 11 is 0. The number of aliphatic carboxylic acids is 1. The highest BCUT2D eigenvalue weighted by atomic mass is 16.5. The molecule has 0 aromatic heterocycles. The Kier molecular flexibility index (Phi) is 5.68. The molecule has 1 aromatic carbocycles. The van der Waals surface area contributed by atoms with Gasteiger partial charge in [0.05, 0.1) is 30.9 Å². The van der Waals surface area contributed by atoms with Crippen molar-refractivity contribution in [3.05, 3.63) is 29.3 Å². The Bertz CT molecular complexity index is 452. The number of nitrogens with one attached hydrogen (secondary N) is 1. The average Bonchev–Trinajstić information content (AvgIpc) is 2.34. The van der Waals surface area contributed by atoms with E-state index in [2.05, 4.69) is 11.4 Å². The summed E-state index contributed by atoms with van der Waals surface area (Å²) in [7, 11) is 0. The van der Waals surface area contributed by atoms with Crippen LogP contribution in [0, 0.1) is 18.3 Å². The van der Waals surface area contributed by atoms with Crippen LogP contribution >= 0.6 is 0 Å². The molecule has 0 spiro atoms. The predicted octanol–water partition coefficient (Wildman–Crippen LogP) is 1.77. The van der Waals surface area contributed by atoms with Crippen molar-refractivity contribution in [2.24, 2.45) is 0 Å². The molecule has 0 unspecified atom stereocenters. The van der Waals surface area contributed by atoms with E-state index in [9.17, 15) is 4.79 Å². The smallest absolute Gasteiger partial charge is 0.305 e. The summed E-state index contributed by atoms with van der Waals surface area (Å²) in [5.41, 5.74) is 2.40. The monoisotopic (exact) mass is 248 g/mol. The van der Waals surface area contributed by atoms with Crippen molar-refractivity contribution in [2.75, 3.05) is 25.1 Å². The summed E-state index contributed by atoms with van der Waals surface area (Å²) in [6, 6.07) is 7.71. The molecule has 0 bridgehead atoms. The first-order valence-corrected chi connectivity index (χ1v) is 5.67. The normalized spacial score (nSPS) is 9.78. The van der Waals surface area contributed by atoms with Gasteiger partial charge in [0.25, 0.3) is 0 Å². The third-order valence-corrected chi connectivity index (χ3v) is 2.32. The fraction of sp³-hybridized carbons (Fsp3) is 0.385. The van der Waals surface area contributed by atoms with Gasteiger partial charge in [-0.15, -0.1) is 0 Å². The van der Waals surface area contributed by atoms with Crippen LogP contribution < -0.4 is 5.32 Å². The quantitative estimate of drug-likeness (QED) is 0.718. The van der Waals surface area contributed by atoms with Gasteiger partial charge in [0, 0.05) is 6.54 Å². The van der Waals surface area contributed by atoms with Crippen LogP contribution in [0.3, 0.4) is 0 Å². The second-order valence-electron chi connectivity index (χ2n) is 3.84. The number of carbonyl (C=O) groups is 1. The van der Waals surface area contributed by atoms with Crippen LogP contribution in [-0.2, 0) is 9.53 Å². The van der Waals surface area contributed by atoms with Crippen LogP contribution in [0.4, 0.5) is 5.69 Å². The van der Waals surface area contributed by atoms with E-state index in [1.54, 1.807) is 0 Å². The predicted molar refractivity (Wildman–Crippen MR) is 67.5 cm³/mol. The molecule has 0 atom stereocenters. The lowest BCUT2D eigenvalue weighted by Crippen LogP contribution is -2.12. The fourth-order valence-corrected chi connectivity index (χ4v) is 1.42. The van der Waals surface area contributed by atoms with Gasteiger partial charge in [0.15, 0.2) is 0 Å². The lowest BCUT2D eigenvalue weighted by molar-refractivity contribution is -0.138. The molecule has 2 N–H and O–H groups in total. The van der Waals surface area contributed by atoms with Crippen molar-refractivity contribution >= 4 is 11.7 Å². The standard InChI is InChI=1S/C13H16N2O3/c1-10-2-3-12(11(8-10)9-14)15-5-7-18-6-4-13(16)17/h2-3,8,15H,4-7H2,1H3,(H,16,17). The number of benzene rings is 1. The Balaban J connectivity index is 2.31. The van der Waals surface area contributed by atoms with E-state index in [0.29, 0.717) is 18.7 Å². The second-order valence-corrected chi connectivity index (χ2v) is 3.84. The summed E-state index contributed by atoms with van der Waals surface area (Å²) in [6.07, 6.45) is 0.00791. The maximum absolute atomic E-state index is 10.2. The molecule has 0 saturated carbocycles. The minimum Gasteiger partial charge on any atom is -0.481 e. The molecule has 0 aliphatic carbocycles. The molecule has 96 valence electrons. The molecule has 5 heteroatoms. The van der Waals surface area contributed by atoms with E-state index >= 15 is 0 Å². The number of rotatable bonds is 7. The molecule has 0 fully saturated rings. The van der Waals surface area contributed by atoms with Gasteiger partial charge in [-0.25, -0.2) is 0 Å². The molecule has 18 heavy (non-hydrogen) atoms. The number of carboxylic acids is 1. The molecule has 5 nitrogen and oxygen atoms in total. The van der Waals surface area contributed by atoms with E-state index in [4.69, 9.17) is 15.1 Å². The summed E-state index contributed by atoms with van der Waals surface area (Å²) in [5, 5.41) is 20.5. The van der Waals surface area contributed by atoms with Crippen LogP contribution in [0.25, 0.3) is 0 Å². The highest BCUT2D eigenvalue weighted by molar-refractivity contribution is 5.66. The summed E-state index contributed by atoms with van der Waals surface area (Å²) in [5.74, 6) is -0.867. The first kappa shape index (κ1) is 14.0. The second kappa shape index (κ2) is 7.30. The number of aryl methyl sites for hydroxylation is 1. The van der Waals surface area contributed by atoms with Crippen LogP contribution in [0.1, 0.15) is 17.5 Å². The van der Waals surface area contributed by atoms with Crippen molar-refractivity contribution in [1.29, 1.82) is 5.26 Å². The Hall–Kier alpha value is -2.06. The third kappa shape index (κ3) is 4.85. The van der Waals surface area contributed by atoms with E-state index in [0.717, 1.165) is 11.3 Å². The van der Waals surface area contributed by atoms with E-state index in [1.165, 1.54) is 0 Å². The molecule has 0 heterocycles. The molecule has 0 amide bonds. The number of hydrogen-bond acceptors (Lipinski definition) is 4. The maximum atomic E-state index is 10.2. The summed E-state index contributed by atoms with van der Waals surface area (Å²) < 4.78 is 5.14. The average molecular weight is 248 g/mol. The summed E-state index contributed by atoms with van der Waals surface area (Å²) in [4.78, 5) is 10.2. The highest BCUT2D eigenvalue weighted by Crippen LogP contribution is 2.15. The number of hydrogen-bond donors (Lipinski definition) is 2. The minimum absolute atomic E-state index is 0.00791. The lowest BCUT2D eigenvalue weighted by atomic mass is 10.1. The molecule has 0 radical (unpaired) electrons. The van der Waals surface area contributed by atoms with Crippen molar-refractivity contribution in [2.45, 2.75) is 13.3 Å². The van der Waals surface area contributed by atoms with Crippen LogP contribution in [-0.4, -0.2) is 30.8 Å². The molecular formula is C13H16N2O3. The van der Waals surface area contributed by atoms with Crippen molar-refractivity contribution < 1.29 is 14.6 Å². The SMILES string of the molecule is Cc1ccc(NCCOCCC(=O)O)c(C#N)c1. The van der Waals surface area contributed by atoms with Gasteiger partial charge in [-0.2, -0.15) is 5.26 Å². The zero-order chi connectivity index (χ0) is 13.4. The minimum atomic E-state index is -0.867. The fourth-order valence-electron chi connectivity index (χ4n) is 1.42. The van der Waals surface area contributed by atoms with Crippen molar-refractivity contribution in [3.63, 3.8) is 0 Å². The molecular weight excluding hydrogens is 232 g/mol.